The molecule has 2 heterocycles. The Hall–Kier alpha value is -0.825. The van der Waals surface area contributed by atoms with E-state index >= 15 is 0 Å². The molecule has 0 amide bonds. The number of nitrogen functional groups attached to an aromatic ring is 1. The Labute approximate surface area is 139 Å². The summed E-state index contributed by atoms with van der Waals surface area (Å²) >= 11 is 2.63. The van der Waals surface area contributed by atoms with Gasteiger partial charge in [0.05, 0.1) is 11.2 Å². The average Bonchev–Trinajstić information content (AvgIpc) is 2.86. The first-order chi connectivity index (χ1) is 10.1. The van der Waals surface area contributed by atoms with Gasteiger partial charge >= 0.3 is 7.12 Å². The van der Waals surface area contributed by atoms with Crippen molar-refractivity contribution in [2.24, 2.45) is 0 Å². The van der Waals surface area contributed by atoms with Crippen LogP contribution in [0.15, 0.2) is 11.7 Å². The Morgan fingerprint density at radius 1 is 1.41 bits per heavy atom. The molecular weight excluding hydrogens is 319 g/mol. The molecule has 1 aromatic heterocycles. The molecule has 1 aliphatic heterocycles. The van der Waals surface area contributed by atoms with Crippen molar-refractivity contribution in [1.29, 1.82) is 0 Å². The summed E-state index contributed by atoms with van der Waals surface area (Å²) in [6.45, 7) is 9.58. The Kier molecular flexibility index (Phi) is 5.06. The molecule has 1 fully saturated rings. The van der Waals surface area contributed by atoms with Gasteiger partial charge in [0.15, 0.2) is 10.2 Å². The molecule has 1 aliphatic rings. The zero-order valence-corrected chi connectivity index (χ0v) is 15.1. The third-order valence-electron chi connectivity index (χ3n) is 3.87. The molecule has 2 N–H and O–H groups in total. The normalized spacial score (nSPS) is 20.4. The first-order valence-corrected chi connectivity index (χ1v) is 8.82. The highest BCUT2D eigenvalue weighted by Gasteiger charge is 2.52. The predicted octanol–water partition coefficient (Wildman–Crippen LogP) is 3.02. The smallest absolute Gasteiger partial charge is 0.400 e. The van der Waals surface area contributed by atoms with Gasteiger partial charge in [-0.3, -0.25) is 4.79 Å². The topological polar surface area (TPSA) is 74.4 Å². The largest absolute Gasteiger partial charge is 0.491 e. The molecule has 22 heavy (non-hydrogen) atoms. The maximum absolute atomic E-state index is 11.3. The van der Waals surface area contributed by atoms with E-state index in [9.17, 15) is 4.79 Å². The summed E-state index contributed by atoms with van der Waals surface area (Å²) < 4.78 is 12.2. The average molecular weight is 340 g/mol. The first-order valence-electron chi connectivity index (χ1n) is 7.01. The number of thiazole rings is 1. The molecule has 8 heteroatoms. The van der Waals surface area contributed by atoms with Crippen molar-refractivity contribution in [3.05, 3.63) is 16.5 Å². The van der Waals surface area contributed by atoms with Gasteiger partial charge in [0.2, 0.25) is 0 Å². The number of nitrogens with zero attached hydrogens (tertiary/aromatic N) is 1. The van der Waals surface area contributed by atoms with E-state index in [0.29, 0.717) is 10.9 Å². The highest BCUT2D eigenvalue weighted by Crippen LogP contribution is 2.39. The van der Waals surface area contributed by atoms with Crippen molar-refractivity contribution in [2.75, 3.05) is 11.5 Å². The monoisotopic (exact) mass is 340 g/mol. The van der Waals surface area contributed by atoms with Gasteiger partial charge in [0, 0.05) is 23.8 Å². The molecule has 2 rings (SSSR count). The summed E-state index contributed by atoms with van der Waals surface area (Å²) in [4.78, 5) is 16.3. The Balaban J connectivity index is 2.25. The van der Waals surface area contributed by atoms with Crippen LogP contribution in [-0.2, 0) is 14.1 Å². The molecule has 0 radical (unpaired) electrons. The van der Waals surface area contributed by atoms with Crippen LogP contribution in [0.4, 0.5) is 5.13 Å². The Morgan fingerprint density at radius 2 is 2.00 bits per heavy atom. The second kappa shape index (κ2) is 6.35. The lowest BCUT2D eigenvalue weighted by atomic mass is 9.79. The van der Waals surface area contributed by atoms with Gasteiger partial charge in [-0.25, -0.2) is 4.98 Å². The van der Waals surface area contributed by atoms with Gasteiger partial charge in [0.25, 0.3) is 0 Å². The van der Waals surface area contributed by atoms with Crippen molar-refractivity contribution in [3.8, 4) is 0 Å². The number of nitrogens with two attached hydrogens (primary N) is 1. The molecule has 0 atom stereocenters. The minimum atomic E-state index is -0.472. The van der Waals surface area contributed by atoms with Gasteiger partial charge in [-0.15, -0.1) is 0 Å². The summed E-state index contributed by atoms with van der Waals surface area (Å²) in [6.07, 6.45) is 3.66. The highest BCUT2D eigenvalue weighted by molar-refractivity contribution is 8.13. The maximum atomic E-state index is 11.3. The zero-order chi connectivity index (χ0) is 16.5. The van der Waals surface area contributed by atoms with Crippen LogP contribution in [0.3, 0.4) is 0 Å². The molecule has 1 aromatic rings. The third-order valence-corrected chi connectivity index (χ3v) is 5.52. The van der Waals surface area contributed by atoms with Crippen molar-refractivity contribution in [3.63, 3.8) is 0 Å². The van der Waals surface area contributed by atoms with E-state index in [0.717, 1.165) is 10.3 Å². The minimum Gasteiger partial charge on any atom is -0.400 e. The van der Waals surface area contributed by atoms with E-state index in [-0.39, 0.29) is 5.12 Å². The van der Waals surface area contributed by atoms with Crippen molar-refractivity contribution < 1.29 is 14.1 Å². The number of carbonyl (C=O) groups excluding carboxylic acids is 1. The number of carbonyl (C=O) groups is 1. The third kappa shape index (κ3) is 3.92. The van der Waals surface area contributed by atoms with Crippen molar-refractivity contribution in [2.45, 2.75) is 45.8 Å². The van der Waals surface area contributed by atoms with E-state index in [2.05, 4.69) is 4.98 Å². The summed E-state index contributed by atoms with van der Waals surface area (Å²) in [5, 5.41) is 0.574. The van der Waals surface area contributed by atoms with Gasteiger partial charge in [-0.1, -0.05) is 23.1 Å². The van der Waals surface area contributed by atoms with Crippen LogP contribution in [0.1, 0.15) is 39.5 Å². The minimum absolute atomic E-state index is 0.0613. The number of thioether (sulfide) groups is 1. The molecule has 5 nitrogen and oxygen atoms in total. The fourth-order valence-corrected chi connectivity index (χ4v) is 3.16. The number of rotatable bonds is 4. The summed E-state index contributed by atoms with van der Waals surface area (Å²) in [7, 11) is -0.472. The zero-order valence-electron chi connectivity index (χ0n) is 13.5. The fourth-order valence-electron chi connectivity index (χ4n) is 1.91. The van der Waals surface area contributed by atoms with E-state index in [1.807, 2.05) is 33.8 Å². The van der Waals surface area contributed by atoms with Crippen LogP contribution in [0, 0.1) is 0 Å². The first kappa shape index (κ1) is 17.5. The molecule has 0 aromatic carbocycles. The second-order valence-corrected chi connectivity index (χ2v) is 8.43. The molecular formula is C14H21BN2O3S2. The molecule has 0 aliphatic carbocycles. The van der Waals surface area contributed by atoms with Crippen molar-refractivity contribution >= 4 is 46.5 Å². The SMILES string of the molecule is CC(=O)SCC(=Cc1cnc(N)s1)B1OC(C)(C)C(C)(C)O1. The lowest BCUT2D eigenvalue weighted by Crippen LogP contribution is -2.41. The molecule has 1 saturated heterocycles. The lowest BCUT2D eigenvalue weighted by molar-refractivity contribution is -0.109. The quantitative estimate of drug-likeness (QED) is 0.850. The van der Waals surface area contributed by atoms with Crippen LogP contribution in [0.5, 0.6) is 0 Å². The molecule has 0 bridgehead atoms. The maximum Gasteiger partial charge on any atom is 0.491 e. The van der Waals surface area contributed by atoms with Crippen LogP contribution >= 0.6 is 23.1 Å². The second-order valence-electron chi connectivity index (χ2n) is 6.19. The van der Waals surface area contributed by atoms with Crippen molar-refractivity contribution in [1.82, 2.24) is 4.98 Å². The van der Waals surface area contributed by atoms with Gasteiger partial charge in [-0.2, -0.15) is 0 Å². The van der Waals surface area contributed by atoms with Crippen LogP contribution < -0.4 is 5.73 Å². The molecule has 0 spiro atoms. The van der Waals surface area contributed by atoms with E-state index in [1.54, 1.807) is 13.1 Å². The predicted molar refractivity (Wildman–Crippen MR) is 93.7 cm³/mol. The van der Waals surface area contributed by atoms with E-state index < -0.39 is 18.3 Å². The van der Waals surface area contributed by atoms with Crippen LogP contribution in [0.2, 0.25) is 0 Å². The summed E-state index contributed by atoms with van der Waals surface area (Å²) in [5.74, 6) is 0.518. The molecule has 120 valence electrons. The number of aromatic nitrogens is 1. The Bertz CT molecular complexity index is 583. The van der Waals surface area contributed by atoms with Gasteiger partial charge in [0.1, 0.15) is 0 Å². The Morgan fingerprint density at radius 3 is 2.45 bits per heavy atom. The summed E-state index contributed by atoms with van der Waals surface area (Å²) in [5.41, 5.74) is 5.75. The summed E-state index contributed by atoms with van der Waals surface area (Å²) in [6, 6.07) is 0. The van der Waals surface area contributed by atoms with E-state index in [4.69, 9.17) is 15.0 Å². The van der Waals surface area contributed by atoms with E-state index in [1.165, 1.54) is 23.1 Å². The van der Waals surface area contributed by atoms with Crippen LogP contribution in [0.25, 0.3) is 6.08 Å². The van der Waals surface area contributed by atoms with Gasteiger partial charge in [-0.05, 0) is 39.2 Å². The number of anilines is 1. The van der Waals surface area contributed by atoms with Gasteiger partial charge < -0.3 is 15.0 Å². The fraction of sp³-hybridized carbons (Fsp3) is 0.571. The number of hydrogen-bond donors (Lipinski definition) is 1. The highest BCUT2D eigenvalue weighted by atomic mass is 32.2. The molecule has 0 saturated carbocycles. The molecule has 0 unspecified atom stereocenters. The lowest BCUT2D eigenvalue weighted by Gasteiger charge is -2.32. The van der Waals surface area contributed by atoms with Crippen LogP contribution in [-0.4, -0.2) is 34.2 Å². The standard InChI is InChI=1S/C14H21BN2O3S2/c1-9(18)21-8-10(6-11-7-17-12(16)22-11)15-19-13(2,3)14(4,5)20-15/h6-7H,8H2,1-5H3,(H2,16,17). The number of hydrogen-bond acceptors (Lipinski definition) is 7.